The highest BCUT2D eigenvalue weighted by molar-refractivity contribution is 5.99. The van der Waals surface area contributed by atoms with E-state index in [2.05, 4.69) is 9.98 Å². The van der Waals surface area contributed by atoms with E-state index in [4.69, 9.17) is 5.73 Å². The third kappa shape index (κ3) is 2.25. The minimum atomic E-state index is 0.679. The van der Waals surface area contributed by atoms with Gasteiger partial charge < -0.3 is 5.73 Å². The van der Waals surface area contributed by atoms with E-state index >= 15 is 0 Å². The minimum absolute atomic E-state index is 0.679. The number of nitrogen functional groups attached to an aromatic ring is 1. The number of rotatable bonds is 2. The second-order valence-corrected chi connectivity index (χ2v) is 3.47. The number of anilines is 1. The monoisotopic (exact) mass is 211 g/mol. The van der Waals surface area contributed by atoms with Crippen LogP contribution in [0.5, 0.6) is 0 Å². The summed E-state index contributed by atoms with van der Waals surface area (Å²) in [5.74, 6) is 0. The van der Waals surface area contributed by atoms with Gasteiger partial charge in [-0.05, 0) is 31.2 Å². The molecule has 3 heteroatoms. The van der Waals surface area contributed by atoms with Gasteiger partial charge in [0.15, 0.2) is 0 Å². The lowest BCUT2D eigenvalue weighted by molar-refractivity contribution is 1.28. The molecule has 1 aromatic carbocycles. The molecule has 0 atom stereocenters. The normalized spacial score (nSPS) is 11.4. The van der Waals surface area contributed by atoms with Crippen molar-refractivity contribution in [2.45, 2.75) is 6.92 Å². The molecule has 0 bridgehead atoms. The Hall–Kier alpha value is -2.16. The average Bonchev–Trinajstić information content (AvgIpc) is 2.33. The molecule has 2 rings (SSSR count). The maximum Gasteiger partial charge on any atom is 0.0862 e. The van der Waals surface area contributed by atoms with Crippen molar-refractivity contribution in [2.75, 3.05) is 5.73 Å². The van der Waals surface area contributed by atoms with Gasteiger partial charge in [0, 0.05) is 6.20 Å². The van der Waals surface area contributed by atoms with E-state index in [-0.39, 0.29) is 0 Å². The molecule has 1 heterocycles. The number of hydrogen-bond acceptors (Lipinski definition) is 3. The van der Waals surface area contributed by atoms with Gasteiger partial charge in [-0.2, -0.15) is 0 Å². The first kappa shape index (κ1) is 10.4. The summed E-state index contributed by atoms with van der Waals surface area (Å²) in [4.78, 5) is 8.69. The second-order valence-electron chi connectivity index (χ2n) is 3.47. The first-order valence-electron chi connectivity index (χ1n) is 5.08. The number of benzene rings is 1. The molecule has 0 fully saturated rings. The van der Waals surface area contributed by atoms with Crippen LogP contribution in [0, 0.1) is 0 Å². The first-order chi connectivity index (χ1) is 7.77. The number of pyridine rings is 1. The van der Waals surface area contributed by atoms with Crippen molar-refractivity contribution in [1.82, 2.24) is 4.98 Å². The van der Waals surface area contributed by atoms with E-state index < -0.39 is 0 Å². The van der Waals surface area contributed by atoms with Crippen LogP contribution in [0.2, 0.25) is 0 Å². The molecule has 0 unspecified atom stereocenters. The van der Waals surface area contributed by atoms with Gasteiger partial charge >= 0.3 is 0 Å². The summed E-state index contributed by atoms with van der Waals surface area (Å²) in [5, 5.41) is 0. The van der Waals surface area contributed by atoms with Crippen LogP contribution in [-0.4, -0.2) is 10.7 Å². The molecule has 0 spiro atoms. The fourth-order valence-corrected chi connectivity index (χ4v) is 1.40. The summed E-state index contributed by atoms with van der Waals surface area (Å²) < 4.78 is 0. The van der Waals surface area contributed by atoms with Crippen molar-refractivity contribution in [1.29, 1.82) is 0 Å². The van der Waals surface area contributed by atoms with E-state index in [0.29, 0.717) is 5.69 Å². The number of nitrogens with zero attached hydrogens (tertiary/aromatic N) is 2. The zero-order chi connectivity index (χ0) is 11.4. The number of aliphatic imine (C=N–C) groups is 1. The number of hydrogen-bond donors (Lipinski definition) is 1. The summed E-state index contributed by atoms with van der Waals surface area (Å²) >= 11 is 0. The van der Waals surface area contributed by atoms with Crippen molar-refractivity contribution in [3.63, 3.8) is 0 Å². The second kappa shape index (κ2) is 4.57. The van der Waals surface area contributed by atoms with Crippen LogP contribution >= 0.6 is 0 Å². The van der Waals surface area contributed by atoms with Gasteiger partial charge in [-0.1, -0.05) is 18.2 Å². The lowest BCUT2D eigenvalue weighted by Gasteiger charge is -2.02. The standard InChI is InChI=1S/C13H13N3/c1-10(12-7-4-5-9-15-12)16-13-8-3-2-6-11(13)14/h2-9H,14H2,1H3. The Labute approximate surface area is 94.7 Å². The highest BCUT2D eigenvalue weighted by Crippen LogP contribution is 2.21. The van der Waals surface area contributed by atoms with Crippen LogP contribution in [0.4, 0.5) is 11.4 Å². The predicted molar refractivity (Wildman–Crippen MR) is 67.0 cm³/mol. The highest BCUT2D eigenvalue weighted by atomic mass is 14.8. The molecule has 0 saturated carbocycles. The summed E-state index contributed by atoms with van der Waals surface area (Å²) in [6, 6.07) is 13.3. The Balaban J connectivity index is 2.36. The third-order valence-corrected chi connectivity index (χ3v) is 2.26. The molecule has 3 nitrogen and oxygen atoms in total. The molecular formula is C13H13N3. The van der Waals surface area contributed by atoms with Crippen LogP contribution in [-0.2, 0) is 0 Å². The smallest absolute Gasteiger partial charge is 0.0862 e. The van der Waals surface area contributed by atoms with Gasteiger partial charge in [0.1, 0.15) is 0 Å². The summed E-state index contributed by atoms with van der Waals surface area (Å²) in [6.07, 6.45) is 1.75. The Morgan fingerprint density at radius 1 is 1.12 bits per heavy atom. The maximum absolute atomic E-state index is 5.82. The fraction of sp³-hybridized carbons (Fsp3) is 0.0769. The van der Waals surface area contributed by atoms with Crippen LogP contribution in [0.15, 0.2) is 53.7 Å². The predicted octanol–water partition coefficient (Wildman–Crippen LogP) is 2.80. The van der Waals surface area contributed by atoms with Gasteiger partial charge in [-0.25, -0.2) is 4.99 Å². The summed E-state index contributed by atoms with van der Waals surface area (Å²) in [5.41, 5.74) is 9.01. The average molecular weight is 211 g/mol. The lowest BCUT2D eigenvalue weighted by atomic mass is 10.2. The van der Waals surface area contributed by atoms with E-state index in [9.17, 15) is 0 Å². The zero-order valence-corrected chi connectivity index (χ0v) is 9.09. The quantitative estimate of drug-likeness (QED) is 0.613. The van der Waals surface area contributed by atoms with Crippen molar-refractivity contribution < 1.29 is 0 Å². The van der Waals surface area contributed by atoms with E-state index in [1.54, 1.807) is 6.20 Å². The van der Waals surface area contributed by atoms with Crippen LogP contribution < -0.4 is 5.73 Å². The van der Waals surface area contributed by atoms with Crippen molar-refractivity contribution in [3.8, 4) is 0 Å². The molecule has 0 aliphatic heterocycles. The van der Waals surface area contributed by atoms with Gasteiger partial charge in [0.05, 0.1) is 22.8 Å². The Bertz CT molecular complexity index is 504. The van der Waals surface area contributed by atoms with Gasteiger partial charge in [0.25, 0.3) is 0 Å². The topological polar surface area (TPSA) is 51.3 Å². The van der Waals surface area contributed by atoms with Crippen molar-refractivity contribution >= 4 is 17.1 Å². The molecule has 0 radical (unpaired) electrons. The molecular weight excluding hydrogens is 198 g/mol. The number of aromatic nitrogens is 1. The Morgan fingerprint density at radius 3 is 2.56 bits per heavy atom. The lowest BCUT2D eigenvalue weighted by Crippen LogP contribution is -1.97. The largest absolute Gasteiger partial charge is 0.397 e. The molecule has 2 N–H and O–H groups in total. The van der Waals surface area contributed by atoms with Crippen molar-refractivity contribution in [3.05, 3.63) is 54.4 Å². The van der Waals surface area contributed by atoms with Crippen molar-refractivity contribution in [2.24, 2.45) is 4.99 Å². The first-order valence-corrected chi connectivity index (χ1v) is 5.08. The van der Waals surface area contributed by atoms with Crippen LogP contribution in [0.3, 0.4) is 0 Å². The number of para-hydroxylation sites is 2. The Kier molecular flexibility index (Phi) is 2.96. The summed E-state index contributed by atoms with van der Waals surface area (Å²) in [7, 11) is 0. The molecule has 0 amide bonds. The van der Waals surface area contributed by atoms with E-state index in [1.807, 2.05) is 49.4 Å². The van der Waals surface area contributed by atoms with Gasteiger partial charge in [0.2, 0.25) is 0 Å². The molecule has 0 saturated heterocycles. The minimum Gasteiger partial charge on any atom is -0.397 e. The summed E-state index contributed by atoms with van der Waals surface area (Å²) in [6.45, 7) is 1.93. The van der Waals surface area contributed by atoms with Crippen LogP contribution in [0.25, 0.3) is 0 Å². The molecule has 2 aromatic rings. The SMILES string of the molecule is CC(=Nc1ccccc1N)c1ccccn1. The van der Waals surface area contributed by atoms with Gasteiger partial charge in [-0.15, -0.1) is 0 Å². The third-order valence-electron chi connectivity index (χ3n) is 2.26. The van der Waals surface area contributed by atoms with E-state index in [1.165, 1.54) is 0 Å². The maximum atomic E-state index is 5.82. The molecule has 0 aliphatic rings. The van der Waals surface area contributed by atoms with Gasteiger partial charge in [-0.3, -0.25) is 4.98 Å². The number of nitrogens with two attached hydrogens (primary N) is 1. The Morgan fingerprint density at radius 2 is 1.88 bits per heavy atom. The molecule has 80 valence electrons. The van der Waals surface area contributed by atoms with E-state index in [0.717, 1.165) is 17.1 Å². The molecule has 0 aliphatic carbocycles. The highest BCUT2D eigenvalue weighted by Gasteiger charge is 1.99. The fourth-order valence-electron chi connectivity index (χ4n) is 1.40. The molecule has 16 heavy (non-hydrogen) atoms. The zero-order valence-electron chi connectivity index (χ0n) is 9.09. The molecule has 1 aromatic heterocycles. The van der Waals surface area contributed by atoms with Crippen LogP contribution in [0.1, 0.15) is 12.6 Å².